The molecule has 1 heterocycles. The summed E-state index contributed by atoms with van der Waals surface area (Å²) in [6, 6.07) is 10.1. The van der Waals surface area contributed by atoms with E-state index in [4.69, 9.17) is 0 Å². The summed E-state index contributed by atoms with van der Waals surface area (Å²) >= 11 is 3.26. The van der Waals surface area contributed by atoms with Crippen molar-refractivity contribution in [3.63, 3.8) is 0 Å². The lowest BCUT2D eigenvalue weighted by atomic mass is 10.2. The summed E-state index contributed by atoms with van der Waals surface area (Å²) in [6.07, 6.45) is 1.56. The topological polar surface area (TPSA) is 71.1 Å². The molecule has 2 amide bonds. The number of halogens is 1. The molecule has 0 saturated heterocycles. The molecule has 2 N–H and O–H groups in total. The predicted molar refractivity (Wildman–Crippen MR) is 84.3 cm³/mol. The highest BCUT2D eigenvalue weighted by Crippen LogP contribution is 2.12. The van der Waals surface area contributed by atoms with E-state index in [-0.39, 0.29) is 11.8 Å². The maximum atomic E-state index is 12.0. The van der Waals surface area contributed by atoms with E-state index >= 15 is 0 Å². The van der Waals surface area contributed by atoms with Crippen molar-refractivity contribution < 1.29 is 9.59 Å². The van der Waals surface area contributed by atoms with Crippen LogP contribution in [0.25, 0.3) is 0 Å². The van der Waals surface area contributed by atoms with Crippen molar-refractivity contribution in [2.45, 2.75) is 6.92 Å². The first-order valence-electron chi connectivity index (χ1n) is 6.41. The summed E-state index contributed by atoms with van der Waals surface area (Å²) in [5.74, 6) is -0.432. The van der Waals surface area contributed by atoms with Gasteiger partial charge in [0.25, 0.3) is 11.8 Å². The Morgan fingerprint density at radius 3 is 2.38 bits per heavy atom. The van der Waals surface area contributed by atoms with E-state index in [2.05, 4.69) is 31.5 Å². The molecule has 0 saturated carbocycles. The average molecular weight is 348 g/mol. The Morgan fingerprint density at radius 1 is 1.10 bits per heavy atom. The van der Waals surface area contributed by atoms with Crippen LogP contribution in [-0.2, 0) is 0 Å². The number of benzene rings is 1. The fourth-order valence-electron chi connectivity index (χ4n) is 1.67. The Morgan fingerprint density at radius 2 is 1.81 bits per heavy atom. The van der Waals surface area contributed by atoms with Gasteiger partial charge >= 0.3 is 0 Å². The molecule has 21 heavy (non-hydrogen) atoms. The molecule has 0 unspecified atom stereocenters. The maximum absolute atomic E-state index is 12.0. The van der Waals surface area contributed by atoms with Crippen LogP contribution in [0.15, 0.2) is 47.1 Å². The van der Waals surface area contributed by atoms with Crippen LogP contribution in [0, 0.1) is 0 Å². The number of nitrogens with zero attached hydrogens (tertiary/aromatic N) is 1. The van der Waals surface area contributed by atoms with Crippen molar-refractivity contribution in [1.29, 1.82) is 0 Å². The molecule has 5 nitrogen and oxygen atoms in total. The van der Waals surface area contributed by atoms with Crippen LogP contribution >= 0.6 is 15.9 Å². The zero-order valence-electron chi connectivity index (χ0n) is 11.4. The number of hydrogen-bond donors (Lipinski definition) is 2. The van der Waals surface area contributed by atoms with E-state index < -0.39 is 0 Å². The smallest absolute Gasteiger partial charge is 0.274 e. The van der Waals surface area contributed by atoms with Gasteiger partial charge < -0.3 is 10.6 Å². The third-order valence-electron chi connectivity index (χ3n) is 2.70. The third-order valence-corrected chi connectivity index (χ3v) is 3.17. The summed E-state index contributed by atoms with van der Waals surface area (Å²) in [7, 11) is 0. The molecule has 0 aliphatic rings. The van der Waals surface area contributed by atoms with Gasteiger partial charge in [0.15, 0.2) is 0 Å². The van der Waals surface area contributed by atoms with E-state index in [1.54, 1.807) is 42.6 Å². The molecular formula is C15H14BrN3O2. The average Bonchev–Trinajstić information content (AvgIpc) is 2.49. The Labute approximate surface area is 130 Å². The second-order valence-electron chi connectivity index (χ2n) is 4.25. The number of rotatable bonds is 4. The van der Waals surface area contributed by atoms with Gasteiger partial charge in [0.05, 0.1) is 0 Å². The lowest BCUT2D eigenvalue weighted by molar-refractivity contribution is 0.0955. The number of amides is 2. The third kappa shape index (κ3) is 4.13. The van der Waals surface area contributed by atoms with Gasteiger partial charge in [-0.15, -0.1) is 0 Å². The summed E-state index contributed by atoms with van der Waals surface area (Å²) in [5, 5.41) is 5.44. The molecule has 2 aromatic rings. The maximum Gasteiger partial charge on any atom is 0.274 e. The Hall–Kier alpha value is -2.21. The van der Waals surface area contributed by atoms with Gasteiger partial charge in [0.1, 0.15) is 5.69 Å². The molecule has 0 aliphatic carbocycles. The van der Waals surface area contributed by atoms with E-state index in [1.165, 1.54) is 0 Å². The summed E-state index contributed by atoms with van der Waals surface area (Å²) < 4.78 is 0.810. The number of carbonyl (C=O) groups excluding carboxylic acids is 2. The molecule has 0 fully saturated rings. The highest BCUT2D eigenvalue weighted by atomic mass is 79.9. The highest BCUT2D eigenvalue weighted by molar-refractivity contribution is 9.10. The number of pyridine rings is 1. The van der Waals surface area contributed by atoms with Crippen molar-refractivity contribution in [3.8, 4) is 0 Å². The number of carbonyl (C=O) groups is 2. The molecular weight excluding hydrogens is 334 g/mol. The zero-order valence-corrected chi connectivity index (χ0v) is 13.0. The fraction of sp³-hybridized carbons (Fsp3) is 0.133. The summed E-state index contributed by atoms with van der Waals surface area (Å²) in [6.45, 7) is 2.43. The quantitative estimate of drug-likeness (QED) is 0.893. The lowest BCUT2D eigenvalue weighted by Crippen LogP contribution is -2.22. The molecule has 0 aliphatic heterocycles. The molecule has 1 aromatic carbocycles. The lowest BCUT2D eigenvalue weighted by Gasteiger charge is -2.06. The van der Waals surface area contributed by atoms with E-state index in [1.807, 2.05) is 6.92 Å². The minimum Gasteiger partial charge on any atom is -0.352 e. The Bertz CT molecular complexity index is 639. The molecule has 2 rings (SSSR count). The SMILES string of the molecule is CCNC(=O)c1ccc(NC(=O)c2ccc(Br)cn2)cc1. The van der Waals surface area contributed by atoms with Crippen molar-refractivity contribution in [3.05, 3.63) is 58.3 Å². The molecule has 0 radical (unpaired) electrons. The Balaban J connectivity index is 2.04. The van der Waals surface area contributed by atoms with Gasteiger partial charge in [-0.3, -0.25) is 9.59 Å². The van der Waals surface area contributed by atoms with Crippen LogP contribution in [0.5, 0.6) is 0 Å². The van der Waals surface area contributed by atoms with Crippen molar-refractivity contribution in [2.24, 2.45) is 0 Å². The van der Waals surface area contributed by atoms with Gasteiger partial charge in [-0.25, -0.2) is 4.98 Å². The van der Waals surface area contributed by atoms with Crippen molar-refractivity contribution >= 4 is 33.4 Å². The first-order chi connectivity index (χ1) is 10.1. The molecule has 108 valence electrons. The van der Waals surface area contributed by atoms with Crippen LogP contribution in [0.2, 0.25) is 0 Å². The van der Waals surface area contributed by atoms with Gasteiger partial charge in [-0.2, -0.15) is 0 Å². The number of hydrogen-bond acceptors (Lipinski definition) is 3. The molecule has 6 heteroatoms. The van der Waals surface area contributed by atoms with E-state index in [0.29, 0.717) is 23.5 Å². The van der Waals surface area contributed by atoms with Gasteiger partial charge in [-0.05, 0) is 59.3 Å². The minimum absolute atomic E-state index is 0.134. The second-order valence-corrected chi connectivity index (χ2v) is 5.17. The van der Waals surface area contributed by atoms with Crippen LogP contribution < -0.4 is 10.6 Å². The predicted octanol–water partition coefficient (Wildman–Crippen LogP) is 2.85. The molecule has 0 bridgehead atoms. The highest BCUT2D eigenvalue weighted by Gasteiger charge is 2.08. The number of anilines is 1. The van der Waals surface area contributed by atoms with E-state index in [0.717, 1.165) is 4.47 Å². The second kappa shape index (κ2) is 6.99. The Kier molecular flexibility index (Phi) is 5.05. The van der Waals surface area contributed by atoms with Gasteiger partial charge in [0.2, 0.25) is 0 Å². The minimum atomic E-state index is -0.298. The first kappa shape index (κ1) is 15.2. The fourth-order valence-corrected chi connectivity index (χ4v) is 1.91. The van der Waals surface area contributed by atoms with Crippen molar-refractivity contribution in [2.75, 3.05) is 11.9 Å². The molecule has 1 aromatic heterocycles. The number of nitrogens with one attached hydrogen (secondary N) is 2. The van der Waals surface area contributed by atoms with Gasteiger partial charge in [-0.1, -0.05) is 0 Å². The first-order valence-corrected chi connectivity index (χ1v) is 7.20. The van der Waals surface area contributed by atoms with Crippen LogP contribution in [0.4, 0.5) is 5.69 Å². The number of aromatic nitrogens is 1. The van der Waals surface area contributed by atoms with E-state index in [9.17, 15) is 9.59 Å². The standard InChI is InChI=1S/C15H14BrN3O2/c1-2-17-14(20)10-3-6-12(7-4-10)19-15(21)13-8-5-11(16)9-18-13/h3-9H,2H2,1H3,(H,17,20)(H,19,21). The van der Waals surface area contributed by atoms with Crippen LogP contribution in [0.1, 0.15) is 27.8 Å². The van der Waals surface area contributed by atoms with Crippen molar-refractivity contribution in [1.82, 2.24) is 10.3 Å². The van der Waals surface area contributed by atoms with Crippen LogP contribution in [0.3, 0.4) is 0 Å². The largest absolute Gasteiger partial charge is 0.352 e. The normalized spacial score (nSPS) is 10.0. The molecule has 0 spiro atoms. The summed E-state index contributed by atoms with van der Waals surface area (Å²) in [4.78, 5) is 27.6. The molecule has 0 atom stereocenters. The van der Waals surface area contributed by atoms with Crippen LogP contribution in [-0.4, -0.2) is 23.3 Å². The summed E-state index contributed by atoms with van der Waals surface area (Å²) in [5.41, 5.74) is 1.49. The zero-order chi connectivity index (χ0) is 15.2. The van der Waals surface area contributed by atoms with Gasteiger partial charge in [0, 0.05) is 28.5 Å². The monoisotopic (exact) mass is 347 g/mol.